The van der Waals surface area contributed by atoms with Gasteiger partial charge in [0.2, 0.25) is 0 Å². The van der Waals surface area contributed by atoms with Crippen molar-refractivity contribution < 1.29 is 4.74 Å². The van der Waals surface area contributed by atoms with Crippen molar-refractivity contribution in [2.75, 3.05) is 19.7 Å². The fourth-order valence-electron chi connectivity index (χ4n) is 5.28. The van der Waals surface area contributed by atoms with E-state index < -0.39 is 0 Å². The van der Waals surface area contributed by atoms with Crippen LogP contribution < -0.4 is 10.6 Å². The number of hydrogen-bond acceptors (Lipinski definition) is 4. The molecule has 0 bridgehead atoms. The van der Waals surface area contributed by atoms with E-state index in [0.29, 0.717) is 23.5 Å². The summed E-state index contributed by atoms with van der Waals surface area (Å²) in [7, 11) is 0. The van der Waals surface area contributed by atoms with E-state index in [1.54, 1.807) is 11.3 Å². The molecule has 2 aliphatic carbocycles. The summed E-state index contributed by atoms with van der Waals surface area (Å²) in [5, 5.41) is 8.45. The molecule has 1 spiro atoms. The zero-order chi connectivity index (χ0) is 18.1. The number of guanidine groups is 1. The molecule has 3 unspecified atom stereocenters. The lowest BCUT2D eigenvalue weighted by Gasteiger charge is -2.57. The van der Waals surface area contributed by atoms with Crippen LogP contribution in [0.5, 0.6) is 0 Å². The minimum Gasteiger partial charge on any atom is -0.377 e. The van der Waals surface area contributed by atoms with Crippen LogP contribution in [-0.4, -0.2) is 42.8 Å². The number of aromatic nitrogens is 1. The van der Waals surface area contributed by atoms with Gasteiger partial charge in [0.05, 0.1) is 16.8 Å². The first-order valence-electron chi connectivity index (χ1n) is 10.2. The second kappa shape index (κ2) is 8.95. The molecule has 7 heteroatoms. The van der Waals surface area contributed by atoms with Crippen LogP contribution >= 0.6 is 35.3 Å². The van der Waals surface area contributed by atoms with Gasteiger partial charge in [-0.1, -0.05) is 12.8 Å². The molecule has 0 radical (unpaired) electrons. The van der Waals surface area contributed by atoms with Crippen molar-refractivity contribution in [1.82, 2.24) is 15.6 Å². The van der Waals surface area contributed by atoms with Crippen molar-refractivity contribution in [2.24, 2.45) is 16.3 Å². The second-order valence-corrected chi connectivity index (χ2v) is 9.35. The molecule has 2 saturated carbocycles. The maximum Gasteiger partial charge on any atom is 0.191 e. The van der Waals surface area contributed by atoms with Crippen LogP contribution in [0.3, 0.4) is 0 Å². The Hall–Kier alpha value is -0.410. The third-order valence-electron chi connectivity index (χ3n) is 6.59. The summed E-state index contributed by atoms with van der Waals surface area (Å²) in [6.45, 7) is 8.98. The number of nitrogens with zero attached hydrogens (tertiary/aromatic N) is 2. The van der Waals surface area contributed by atoms with E-state index >= 15 is 0 Å². The predicted octanol–water partition coefficient (Wildman–Crippen LogP) is 3.82. The third kappa shape index (κ3) is 4.01. The molecule has 2 N–H and O–H groups in total. The van der Waals surface area contributed by atoms with Crippen LogP contribution in [0.4, 0.5) is 0 Å². The van der Waals surface area contributed by atoms with Gasteiger partial charge < -0.3 is 15.4 Å². The Morgan fingerprint density at radius 2 is 2.11 bits per heavy atom. The van der Waals surface area contributed by atoms with Crippen LogP contribution in [0.15, 0.2) is 4.99 Å². The Balaban J connectivity index is 0.00000210. The van der Waals surface area contributed by atoms with E-state index in [-0.39, 0.29) is 24.0 Å². The number of aliphatic imine (C=N–C) groups is 1. The van der Waals surface area contributed by atoms with Crippen LogP contribution in [0.25, 0.3) is 0 Å². The number of aryl methyl sites for hydroxylation is 2. The highest BCUT2D eigenvalue weighted by Crippen LogP contribution is 2.60. The van der Waals surface area contributed by atoms with E-state index in [9.17, 15) is 0 Å². The topological polar surface area (TPSA) is 58.5 Å². The standard InChI is InChI=1S/C20H32N4OS.HI/c1-4-21-19(22-11-7-16-23-13(2)14(3)26-16)24-17-15-8-12-25-18(15)20(17)9-5-6-10-20;/h15,17-18H,4-12H2,1-3H3,(H2,21,22,24);1H. The van der Waals surface area contributed by atoms with Gasteiger partial charge in [-0.05, 0) is 40.0 Å². The lowest BCUT2D eigenvalue weighted by atomic mass is 9.54. The molecule has 3 atom stereocenters. The summed E-state index contributed by atoms with van der Waals surface area (Å²) in [5.41, 5.74) is 1.52. The molecule has 0 amide bonds. The van der Waals surface area contributed by atoms with Gasteiger partial charge in [-0.25, -0.2) is 4.98 Å². The average Bonchev–Trinajstić information content (AvgIpc) is 3.33. The summed E-state index contributed by atoms with van der Waals surface area (Å²) in [6, 6.07) is 0.527. The third-order valence-corrected chi connectivity index (χ3v) is 7.72. The SMILES string of the molecule is CCNC(=NCCc1nc(C)c(C)s1)NC1C2CCOC2C12CCCC2.I. The van der Waals surface area contributed by atoms with Crippen molar-refractivity contribution in [3.05, 3.63) is 15.6 Å². The fraction of sp³-hybridized carbons (Fsp3) is 0.800. The van der Waals surface area contributed by atoms with E-state index in [2.05, 4.69) is 36.4 Å². The first kappa shape index (κ1) is 21.3. The Morgan fingerprint density at radius 3 is 2.78 bits per heavy atom. The molecule has 1 aromatic heterocycles. The van der Waals surface area contributed by atoms with E-state index in [4.69, 9.17) is 9.73 Å². The van der Waals surface area contributed by atoms with E-state index in [0.717, 1.165) is 37.8 Å². The van der Waals surface area contributed by atoms with Crippen molar-refractivity contribution in [1.29, 1.82) is 0 Å². The van der Waals surface area contributed by atoms with Gasteiger partial charge in [0.15, 0.2) is 5.96 Å². The Kier molecular flexibility index (Phi) is 7.06. The molecule has 27 heavy (non-hydrogen) atoms. The van der Waals surface area contributed by atoms with Gasteiger partial charge in [0, 0.05) is 48.4 Å². The minimum absolute atomic E-state index is 0. The second-order valence-electron chi connectivity index (χ2n) is 8.07. The first-order valence-corrected chi connectivity index (χ1v) is 11.0. The number of ether oxygens (including phenoxy) is 1. The molecule has 2 heterocycles. The molecular weight excluding hydrogens is 471 g/mol. The normalized spacial score (nSPS) is 28.6. The molecule has 1 saturated heterocycles. The Morgan fingerprint density at radius 1 is 1.33 bits per heavy atom. The van der Waals surface area contributed by atoms with Gasteiger partial charge in [-0.2, -0.15) is 0 Å². The van der Waals surface area contributed by atoms with Gasteiger partial charge in [0.25, 0.3) is 0 Å². The summed E-state index contributed by atoms with van der Waals surface area (Å²) >= 11 is 1.80. The Bertz CT molecular complexity index is 651. The number of halogens is 1. The van der Waals surface area contributed by atoms with Crippen LogP contribution in [0, 0.1) is 25.2 Å². The summed E-state index contributed by atoms with van der Waals surface area (Å²) in [5.74, 6) is 1.64. The maximum absolute atomic E-state index is 6.11. The van der Waals surface area contributed by atoms with Crippen LogP contribution in [0.2, 0.25) is 0 Å². The number of rotatable bonds is 5. The molecule has 1 aromatic rings. The van der Waals surface area contributed by atoms with Gasteiger partial charge in [-0.15, -0.1) is 35.3 Å². The fourth-order valence-corrected chi connectivity index (χ4v) is 6.20. The van der Waals surface area contributed by atoms with Gasteiger partial charge >= 0.3 is 0 Å². The zero-order valence-corrected chi connectivity index (χ0v) is 19.9. The van der Waals surface area contributed by atoms with Crippen LogP contribution in [0.1, 0.15) is 54.6 Å². The molecule has 5 nitrogen and oxygen atoms in total. The molecule has 3 fully saturated rings. The summed E-state index contributed by atoms with van der Waals surface area (Å²) in [4.78, 5) is 10.8. The number of thiazole rings is 1. The molecule has 3 aliphatic rings. The highest BCUT2D eigenvalue weighted by Gasteiger charge is 2.65. The molecular formula is C20H33IN4OS. The zero-order valence-electron chi connectivity index (χ0n) is 16.7. The molecule has 4 rings (SSSR count). The predicted molar refractivity (Wildman–Crippen MR) is 122 cm³/mol. The van der Waals surface area contributed by atoms with Crippen molar-refractivity contribution >= 4 is 41.3 Å². The quantitative estimate of drug-likeness (QED) is 0.364. The van der Waals surface area contributed by atoms with Gasteiger partial charge in [-0.3, -0.25) is 4.99 Å². The molecule has 0 aromatic carbocycles. The average molecular weight is 504 g/mol. The number of hydrogen-bond donors (Lipinski definition) is 2. The monoisotopic (exact) mass is 504 g/mol. The van der Waals surface area contributed by atoms with E-state index in [1.807, 2.05) is 0 Å². The van der Waals surface area contributed by atoms with Crippen molar-refractivity contribution in [3.8, 4) is 0 Å². The minimum atomic E-state index is 0. The van der Waals surface area contributed by atoms with Crippen molar-refractivity contribution in [2.45, 2.75) is 71.4 Å². The lowest BCUT2D eigenvalue weighted by molar-refractivity contribution is -0.125. The number of nitrogens with one attached hydrogen (secondary N) is 2. The van der Waals surface area contributed by atoms with Gasteiger partial charge in [0.1, 0.15) is 0 Å². The summed E-state index contributed by atoms with van der Waals surface area (Å²) in [6.07, 6.45) is 7.92. The highest BCUT2D eigenvalue weighted by atomic mass is 127. The molecule has 152 valence electrons. The lowest BCUT2D eigenvalue weighted by Crippen LogP contribution is -2.69. The summed E-state index contributed by atoms with van der Waals surface area (Å²) < 4.78 is 6.11. The smallest absolute Gasteiger partial charge is 0.191 e. The highest BCUT2D eigenvalue weighted by molar-refractivity contribution is 14.0. The van der Waals surface area contributed by atoms with Crippen LogP contribution in [-0.2, 0) is 11.2 Å². The largest absolute Gasteiger partial charge is 0.377 e. The van der Waals surface area contributed by atoms with Crippen molar-refractivity contribution in [3.63, 3.8) is 0 Å². The van der Waals surface area contributed by atoms with E-state index in [1.165, 1.54) is 42.0 Å². The number of fused-ring (bicyclic) bond motifs is 2. The first-order chi connectivity index (χ1) is 12.6. The maximum atomic E-state index is 6.11. The molecule has 1 aliphatic heterocycles. The Labute approximate surface area is 184 Å².